The van der Waals surface area contributed by atoms with Crippen LogP contribution in [0.15, 0.2) is 41.8 Å². The van der Waals surface area contributed by atoms with E-state index in [0.29, 0.717) is 77.4 Å². The number of pyridine rings is 1. The van der Waals surface area contributed by atoms with E-state index in [1.165, 1.54) is 29.4 Å². The summed E-state index contributed by atoms with van der Waals surface area (Å²) in [6, 6.07) is 5.92. The second-order valence-electron chi connectivity index (χ2n) is 17.6. The van der Waals surface area contributed by atoms with Crippen molar-refractivity contribution in [2.24, 2.45) is 5.92 Å². The molecule has 2 aromatic heterocycles. The quantitative estimate of drug-likeness (QED) is 0.105. The van der Waals surface area contributed by atoms with E-state index in [-0.39, 0.29) is 49.8 Å². The highest BCUT2D eigenvalue weighted by atomic mass is 35.5. The van der Waals surface area contributed by atoms with Gasteiger partial charge >= 0.3 is 6.09 Å². The van der Waals surface area contributed by atoms with Gasteiger partial charge in [-0.25, -0.2) is 23.5 Å². The second-order valence-corrected chi connectivity index (χ2v) is 21.4. The van der Waals surface area contributed by atoms with Crippen molar-refractivity contribution in [2.45, 2.75) is 120 Å². The van der Waals surface area contributed by atoms with Gasteiger partial charge in [0.1, 0.15) is 63.4 Å². The molecule has 0 radical (unpaired) electrons. The molecule has 8 rings (SSSR count). The SMILES string of the molecule is COc1ccc2c(O[C@@H]3C[C@H]4C(=O)N[C@]5(P(=O)(O)Cc6c(F)cccc6F)C[C@@H]5CCCCCOC[C@H](NC(=O)OC5CCCC5)C(=O)N4C3)cc(-c3csc(NC(C)C)n3)nc2c1Cl. The number of thiazole rings is 1. The molecule has 2 aliphatic carbocycles. The first-order valence-electron chi connectivity index (χ1n) is 22.1. The second kappa shape index (κ2) is 19.7. The van der Waals surface area contributed by atoms with Crippen molar-refractivity contribution in [2.75, 3.05) is 32.2 Å². The summed E-state index contributed by atoms with van der Waals surface area (Å²) in [6.07, 6.45) is 2.82. The molecule has 2 aliphatic heterocycles. The molecule has 2 saturated carbocycles. The number of anilines is 1. The number of rotatable bonds is 11. The van der Waals surface area contributed by atoms with Crippen molar-refractivity contribution >= 4 is 64.2 Å². The fourth-order valence-corrected chi connectivity index (χ4v) is 12.8. The highest BCUT2D eigenvalue weighted by Gasteiger charge is 2.66. The average Bonchev–Trinajstić information content (AvgIpc) is 3.68. The van der Waals surface area contributed by atoms with Gasteiger partial charge in [0.05, 0.1) is 37.6 Å². The Morgan fingerprint density at radius 1 is 1.06 bits per heavy atom. The number of ether oxygens (including phenoxy) is 4. The lowest BCUT2D eigenvalue weighted by Crippen LogP contribution is -2.56. The fraction of sp³-hybridized carbons (Fsp3) is 0.533. The monoisotopic (exact) mass is 958 g/mol. The third kappa shape index (κ3) is 10.2. The summed E-state index contributed by atoms with van der Waals surface area (Å²) in [6.45, 7) is 3.90. The summed E-state index contributed by atoms with van der Waals surface area (Å²) < 4.78 is 68.3. The summed E-state index contributed by atoms with van der Waals surface area (Å²) in [5, 5.41) is 10.4. The molecule has 3 amide bonds. The molecule has 0 spiro atoms. The molecule has 4 heterocycles. The third-order valence-electron chi connectivity index (χ3n) is 12.6. The van der Waals surface area contributed by atoms with E-state index in [1.54, 1.807) is 18.2 Å². The van der Waals surface area contributed by atoms with Gasteiger partial charge in [-0.1, -0.05) is 30.5 Å². The highest BCUT2D eigenvalue weighted by Crippen LogP contribution is 2.71. The fourth-order valence-electron chi connectivity index (χ4n) is 9.20. The van der Waals surface area contributed by atoms with E-state index in [2.05, 4.69) is 16.0 Å². The Bertz CT molecular complexity index is 2460. The number of fused-ring (bicyclic) bond motifs is 3. The van der Waals surface area contributed by atoms with E-state index < -0.39 is 78.0 Å². The molecule has 4 aromatic rings. The minimum absolute atomic E-state index is 0.0850. The molecule has 6 atom stereocenters. The Balaban J connectivity index is 1.14. The standard InChI is InChI=1S/C45H54ClF2N6O9PS/c1-25(2)49-43-51-35(24-65-43)33-19-38(29-15-16-37(60-3)39(46)40(29)50-33)62-28-18-36-41(55)53-45(64(58,59)23-30-31(47)13-9-14-32(30)48)20-26(45)10-5-4-8-17-61-22-34(42(56)54(36)21-28)52-44(57)63-27-11-6-7-12-27/h9,13-16,19,24-28,34,36H,4-8,10-12,17-18,20-23H2,1-3H3,(H,49,51)(H,52,57)(H,53,55)(H,58,59)/t26-,28+,34-,36-,45-/m0/s1. The Morgan fingerprint density at radius 3 is 2.55 bits per heavy atom. The molecule has 0 bridgehead atoms. The molecule has 4 aliphatic rings. The molecule has 350 valence electrons. The Hall–Kier alpha value is -4.61. The minimum atomic E-state index is -4.58. The number of amides is 3. The van der Waals surface area contributed by atoms with Crippen LogP contribution >= 0.6 is 30.3 Å². The van der Waals surface area contributed by atoms with Crippen molar-refractivity contribution in [1.82, 2.24) is 25.5 Å². The molecular weight excluding hydrogens is 905 g/mol. The zero-order chi connectivity index (χ0) is 46.0. The molecule has 1 unspecified atom stereocenters. The van der Waals surface area contributed by atoms with E-state index in [1.807, 2.05) is 19.2 Å². The molecule has 15 nitrogen and oxygen atoms in total. The molecule has 4 fully saturated rings. The summed E-state index contributed by atoms with van der Waals surface area (Å²) in [7, 11) is -3.09. The van der Waals surface area contributed by atoms with Crippen molar-refractivity contribution < 1.29 is 51.6 Å². The summed E-state index contributed by atoms with van der Waals surface area (Å²) in [4.78, 5) is 65.6. The van der Waals surface area contributed by atoms with Crippen LogP contribution in [0.1, 0.15) is 83.6 Å². The zero-order valence-corrected chi connectivity index (χ0v) is 38.9. The van der Waals surface area contributed by atoms with Crippen molar-refractivity contribution in [3.63, 3.8) is 0 Å². The zero-order valence-electron chi connectivity index (χ0n) is 36.4. The lowest BCUT2D eigenvalue weighted by atomic mass is 10.1. The van der Waals surface area contributed by atoms with Crippen LogP contribution in [0.25, 0.3) is 22.3 Å². The van der Waals surface area contributed by atoms with Crippen molar-refractivity contribution in [3.05, 3.63) is 64.0 Å². The largest absolute Gasteiger partial charge is 0.495 e. The molecule has 2 saturated heterocycles. The number of aromatic nitrogens is 2. The number of carbonyl (C=O) groups is 3. The van der Waals surface area contributed by atoms with Gasteiger partial charge in [0.2, 0.25) is 19.2 Å². The molecule has 4 N–H and O–H groups in total. The van der Waals surface area contributed by atoms with Crippen LogP contribution in [0.3, 0.4) is 0 Å². The van der Waals surface area contributed by atoms with Crippen LogP contribution in [0.5, 0.6) is 11.5 Å². The smallest absolute Gasteiger partial charge is 0.408 e. The number of carbonyl (C=O) groups excluding carboxylic acids is 3. The van der Waals surface area contributed by atoms with Gasteiger partial charge in [-0.05, 0) is 89.0 Å². The minimum Gasteiger partial charge on any atom is -0.495 e. The number of nitrogens with zero attached hydrogens (tertiary/aromatic N) is 3. The van der Waals surface area contributed by atoms with Gasteiger partial charge in [0.25, 0.3) is 0 Å². The number of halogens is 3. The number of hydrogen-bond acceptors (Lipinski definition) is 12. The van der Waals surface area contributed by atoms with E-state index in [0.717, 1.165) is 25.0 Å². The number of benzene rings is 2. The van der Waals surface area contributed by atoms with Crippen LogP contribution in [0, 0.1) is 17.6 Å². The maximum absolute atomic E-state index is 15.0. The lowest BCUT2D eigenvalue weighted by molar-refractivity contribution is -0.141. The predicted molar refractivity (Wildman–Crippen MR) is 242 cm³/mol. The van der Waals surface area contributed by atoms with Gasteiger partial charge in [0.15, 0.2) is 5.13 Å². The highest BCUT2D eigenvalue weighted by molar-refractivity contribution is 7.59. The first-order valence-corrected chi connectivity index (χ1v) is 25.2. The lowest BCUT2D eigenvalue weighted by Gasteiger charge is -2.31. The van der Waals surface area contributed by atoms with E-state index in [4.69, 9.17) is 40.5 Å². The van der Waals surface area contributed by atoms with E-state index >= 15 is 0 Å². The first kappa shape index (κ1) is 46.9. The van der Waals surface area contributed by atoms with Crippen molar-refractivity contribution in [1.29, 1.82) is 0 Å². The van der Waals surface area contributed by atoms with Crippen LogP contribution in [-0.4, -0.2) is 100 Å². The Labute approximate surface area is 384 Å². The third-order valence-corrected chi connectivity index (χ3v) is 16.4. The average molecular weight is 959 g/mol. The summed E-state index contributed by atoms with van der Waals surface area (Å²) in [5.74, 6) is -3.12. The van der Waals surface area contributed by atoms with Crippen LogP contribution in [-0.2, 0) is 29.8 Å². The van der Waals surface area contributed by atoms with Gasteiger partial charge < -0.3 is 44.7 Å². The summed E-state index contributed by atoms with van der Waals surface area (Å²) >= 11 is 8.26. The molecule has 20 heteroatoms. The van der Waals surface area contributed by atoms with E-state index in [9.17, 15) is 32.6 Å². The van der Waals surface area contributed by atoms with Crippen molar-refractivity contribution in [3.8, 4) is 22.9 Å². The topological polar surface area (TPSA) is 191 Å². The molecule has 2 aromatic carbocycles. The number of hydrogen-bond donors (Lipinski definition) is 4. The molecule has 65 heavy (non-hydrogen) atoms. The first-order chi connectivity index (χ1) is 31.2. The van der Waals surface area contributed by atoms with Crippen LogP contribution in [0.2, 0.25) is 5.02 Å². The number of methoxy groups -OCH3 is 1. The molecular formula is C45H54ClF2N6O9PS. The Kier molecular flexibility index (Phi) is 14.2. The predicted octanol–water partition coefficient (Wildman–Crippen LogP) is 8.40. The summed E-state index contributed by atoms with van der Waals surface area (Å²) in [5.41, 5.74) is 0.799. The van der Waals surface area contributed by atoms with Gasteiger partial charge in [-0.3, -0.25) is 14.2 Å². The normalized spacial score (nSPS) is 25.2. The number of alkyl carbamates (subject to hydrolysis) is 1. The number of nitrogens with one attached hydrogen (secondary N) is 3. The van der Waals surface area contributed by atoms with Crippen LogP contribution in [0.4, 0.5) is 18.7 Å². The maximum Gasteiger partial charge on any atom is 0.408 e. The van der Waals surface area contributed by atoms with Gasteiger partial charge in [0, 0.05) is 41.5 Å². The van der Waals surface area contributed by atoms with Gasteiger partial charge in [-0.2, -0.15) is 0 Å². The van der Waals surface area contributed by atoms with Crippen LogP contribution < -0.4 is 25.4 Å². The Morgan fingerprint density at radius 2 is 1.82 bits per heavy atom. The maximum atomic E-state index is 15.0. The van der Waals surface area contributed by atoms with Gasteiger partial charge in [-0.15, -0.1) is 11.3 Å².